The average Bonchev–Trinajstić information content (AvgIpc) is 3.19. The zero-order chi connectivity index (χ0) is 27.4. The van der Waals surface area contributed by atoms with Gasteiger partial charge in [0.1, 0.15) is 11.3 Å². The highest BCUT2D eigenvalue weighted by molar-refractivity contribution is 5.86. The number of carboxylic acid groups (broad SMARTS) is 1. The van der Waals surface area contributed by atoms with E-state index in [-0.39, 0.29) is 30.9 Å². The standard InChI is InChI=1S/C31H36N4O4/c1-3-35-28-15-14-26(20(2)31(28)33-34-35)27(18-30(37)38)22-11-10-21-12-13-25(17-23(21)16-22)39-19-29(36)32-24-8-6-4-5-7-9-24/h10-17,24,27H,3-9,18-19H2,1-2H3,(H,32,36)(H,37,38). The van der Waals surface area contributed by atoms with Gasteiger partial charge in [0.25, 0.3) is 5.91 Å². The number of benzene rings is 3. The van der Waals surface area contributed by atoms with E-state index in [4.69, 9.17) is 4.74 Å². The van der Waals surface area contributed by atoms with Crippen molar-refractivity contribution in [2.24, 2.45) is 0 Å². The van der Waals surface area contributed by atoms with Gasteiger partial charge in [0.15, 0.2) is 6.61 Å². The fraction of sp³-hybridized carbons (Fsp3) is 0.419. The monoisotopic (exact) mass is 528 g/mol. The first-order chi connectivity index (χ1) is 18.9. The van der Waals surface area contributed by atoms with E-state index in [2.05, 4.69) is 15.6 Å². The van der Waals surface area contributed by atoms with Crippen LogP contribution in [0.4, 0.5) is 0 Å². The third kappa shape index (κ3) is 6.05. The van der Waals surface area contributed by atoms with Gasteiger partial charge >= 0.3 is 5.97 Å². The van der Waals surface area contributed by atoms with Crippen LogP contribution < -0.4 is 10.1 Å². The predicted octanol–water partition coefficient (Wildman–Crippen LogP) is 5.74. The van der Waals surface area contributed by atoms with Gasteiger partial charge < -0.3 is 15.2 Å². The van der Waals surface area contributed by atoms with Gasteiger partial charge in [0.2, 0.25) is 0 Å². The number of carboxylic acids is 1. The highest BCUT2D eigenvalue weighted by atomic mass is 16.5. The van der Waals surface area contributed by atoms with Crippen LogP contribution in [-0.2, 0) is 16.1 Å². The fourth-order valence-corrected chi connectivity index (χ4v) is 5.77. The molecule has 8 heteroatoms. The molecule has 1 unspecified atom stereocenters. The van der Waals surface area contributed by atoms with E-state index in [1.54, 1.807) is 0 Å². The summed E-state index contributed by atoms with van der Waals surface area (Å²) in [6.07, 6.45) is 6.82. The summed E-state index contributed by atoms with van der Waals surface area (Å²) in [6.45, 7) is 4.68. The number of nitrogens with zero attached hydrogens (tertiary/aromatic N) is 3. The quantitative estimate of drug-likeness (QED) is 0.269. The van der Waals surface area contributed by atoms with Crippen LogP contribution in [0.25, 0.3) is 21.8 Å². The molecule has 1 saturated carbocycles. The molecule has 0 radical (unpaired) electrons. The summed E-state index contributed by atoms with van der Waals surface area (Å²) in [5.74, 6) is -0.700. The Hall–Kier alpha value is -3.94. The molecule has 39 heavy (non-hydrogen) atoms. The largest absolute Gasteiger partial charge is 0.484 e. The summed E-state index contributed by atoms with van der Waals surface area (Å²) in [5, 5.41) is 23.4. The maximum absolute atomic E-state index is 12.5. The molecular weight excluding hydrogens is 492 g/mol. The summed E-state index contributed by atoms with van der Waals surface area (Å²) < 4.78 is 7.69. The van der Waals surface area contributed by atoms with Crippen LogP contribution >= 0.6 is 0 Å². The molecular formula is C31H36N4O4. The lowest BCUT2D eigenvalue weighted by molar-refractivity contribution is -0.137. The average molecular weight is 529 g/mol. The molecule has 5 rings (SSSR count). The Morgan fingerprint density at radius 3 is 2.56 bits per heavy atom. The molecule has 2 N–H and O–H groups in total. The second kappa shape index (κ2) is 11.8. The summed E-state index contributed by atoms with van der Waals surface area (Å²) >= 11 is 0. The molecule has 0 spiro atoms. The topological polar surface area (TPSA) is 106 Å². The Balaban J connectivity index is 1.38. The zero-order valence-corrected chi connectivity index (χ0v) is 22.7. The third-order valence-corrected chi connectivity index (χ3v) is 7.86. The van der Waals surface area contributed by atoms with Gasteiger partial charge in [-0.15, -0.1) is 5.10 Å². The number of fused-ring (bicyclic) bond motifs is 2. The maximum atomic E-state index is 12.5. The van der Waals surface area contributed by atoms with E-state index in [0.29, 0.717) is 12.3 Å². The Morgan fingerprint density at radius 1 is 1.05 bits per heavy atom. The lowest BCUT2D eigenvalue weighted by Crippen LogP contribution is -2.37. The lowest BCUT2D eigenvalue weighted by atomic mass is 9.85. The van der Waals surface area contributed by atoms with Crippen molar-refractivity contribution in [3.05, 3.63) is 65.2 Å². The number of carbonyl (C=O) groups is 2. The molecule has 3 aromatic carbocycles. The number of carbonyl (C=O) groups excluding carboxylic acids is 1. The molecule has 1 aliphatic rings. The maximum Gasteiger partial charge on any atom is 0.304 e. The SMILES string of the molecule is CCn1nnc2c(C)c(C(CC(=O)O)c3ccc4ccc(OCC(=O)NC5CCCCCC5)cc4c3)ccc21. The minimum absolute atomic E-state index is 0.0268. The first kappa shape index (κ1) is 26.7. The Labute approximate surface area is 228 Å². The van der Waals surface area contributed by atoms with Crippen LogP contribution in [0.2, 0.25) is 0 Å². The van der Waals surface area contributed by atoms with Gasteiger partial charge in [-0.1, -0.05) is 61.2 Å². The smallest absolute Gasteiger partial charge is 0.304 e. The summed E-state index contributed by atoms with van der Waals surface area (Å²) in [4.78, 5) is 24.4. The third-order valence-electron chi connectivity index (χ3n) is 7.86. The highest BCUT2D eigenvalue weighted by Crippen LogP contribution is 2.35. The molecule has 0 bridgehead atoms. The summed E-state index contributed by atoms with van der Waals surface area (Å²) in [6, 6.07) is 16.0. The molecule has 204 valence electrons. The van der Waals surface area contributed by atoms with Crippen molar-refractivity contribution >= 4 is 33.7 Å². The van der Waals surface area contributed by atoms with Gasteiger partial charge in [0.05, 0.1) is 11.9 Å². The summed E-state index contributed by atoms with van der Waals surface area (Å²) in [7, 11) is 0. The van der Waals surface area contributed by atoms with Gasteiger partial charge in [0, 0.05) is 18.5 Å². The van der Waals surface area contributed by atoms with E-state index < -0.39 is 5.97 Å². The van der Waals surface area contributed by atoms with Crippen molar-refractivity contribution in [3.63, 3.8) is 0 Å². The van der Waals surface area contributed by atoms with E-state index in [9.17, 15) is 14.7 Å². The number of amides is 1. The molecule has 0 aliphatic heterocycles. The highest BCUT2D eigenvalue weighted by Gasteiger charge is 2.23. The first-order valence-electron chi connectivity index (χ1n) is 13.9. The van der Waals surface area contributed by atoms with Gasteiger partial charge in [-0.05, 0) is 72.4 Å². The minimum atomic E-state index is -0.867. The second-order valence-electron chi connectivity index (χ2n) is 10.5. The van der Waals surface area contributed by atoms with E-state index in [1.807, 2.05) is 67.1 Å². The molecule has 1 amide bonds. The molecule has 0 saturated heterocycles. The fourth-order valence-electron chi connectivity index (χ4n) is 5.77. The van der Waals surface area contributed by atoms with Crippen LogP contribution in [-0.4, -0.2) is 44.6 Å². The predicted molar refractivity (Wildman–Crippen MR) is 151 cm³/mol. The number of aliphatic carboxylic acids is 1. The molecule has 8 nitrogen and oxygen atoms in total. The summed E-state index contributed by atoms with van der Waals surface area (Å²) in [5.41, 5.74) is 4.50. The Bertz CT molecular complexity index is 1490. The van der Waals surface area contributed by atoms with Gasteiger partial charge in [-0.2, -0.15) is 0 Å². The number of nitrogens with one attached hydrogen (secondary N) is 1. The lowest BCUT2D eigenvalue weighted by Gasteiger charge is -2.19. The van der Waals surface area contributed by atoms with Crippen molar-refractivity contribution in [2.75, 3.05) is 6.61 Å². The number of aromatic nitrogens is 3. The van der Waals surface area contributed by atoms with Crippen LogP contribution in [0.3, 0.4) is 0 Å². The van der Waals surface area contributed by atoms with Crippen molar-refractivity contribution in [1.82, 2.24) is 20.3 Å². The van der Waals surface area contributed by atoms with Crippen molar-refractivity contribution in [3.8, 4) is 5.75 Å². The number of hydrogen-bond donors (Lipinski definition) is 2. The van der Waals surface area contributed by atoms with E-state index in [1.165, 1.54) is 12.8 Å². The molecule has 1 atom stereocenters. The molecule has 1 heterocycles. The van der Waals surface area contributed by atoms with Gasteiger partial charge in [-0.25, -0.2) is 4.68 Å². The first-order valence-corrected chi connectivity index (χ1v) is 13.9. The number of rotatable bonds is 9. The van der Waals surface area contributed by atoms with Crippen LogP contribution in [0.15, 0.2) is 48.5 Å². The number of hydrogen-bond acceptors (Lipinski definition) is 5. The molecule has 1 aliphatic carbocycles. The van der Waals surface area contributed by atoms with Crippen LogP contribution in [0.1, 0.15) is 74.5 Å². The van der Waals surface area contributed by atoms with E-state index in [0.717, 1.165) is 64.2 Å². The van der Waals surface area contributed by atoms with Crippen molar-refractivity contribution in [1.29, 1.82) is 0 Å². The minimum Gasteiger partial charge on any atom is -0.484 e. The Kier molecular flexibility index (Phi) is 8.10. The van der Waals surface area contributed by atoms with Gasteiger partial charge in [-0.3, -0.25) is 9.59 Å². The molecule has 1 fully saturated rings. The van der Waals surface area contributed by atoms with Crippen LogP contribution in [0.5, 0.6) is 5.75 Å². The van der Waals surface area contributed by atoms with Crippen LogP contribution in [0, 0.1) is 6.92 Å². The normalized spacial score (nSPS) is 15.2. The second-order valence-corrected chi connectivity index (χ2v) is 10.5. The number of aryl methyl sites for hydroxylation is 2. The molecule has 1 aromatic heterocycles. The number of ether oxygens (including phenoxy) is 1. The van der Waals surface area contributed by atoms with E-state index >= 15 is 0 Å². The Morgan fingerprint density at radius 2 is 1.82 bits per heavy atom. The molecule has 4 aromatic rings. The zero-order valence-electron chi connectivity index (χ0n) is 22.7. The van der Waals surface area contributed by atoms with Crippen molar-refractivity contribution < 1.29 is 19.4 Å². The van der Waals surface area contributed by atoms with Crippen molar-refractivity contribution in [2.45, 2.75) is 77.3 Å².